The number of nitrogens with one attached hydrogen (secondary N) is 1. The van der Waals surface area contributed by atoms with E-state index in [0.29, 0.717) is 17.9 Å². The summed E-state index contributed by atoms with van der Waals surface area (Å²) < 4.78 is 5.98. The summed E-state index contributed by atoms with van der Waals surface area (Å²) in [6.07, 6.45) is 0.806. The number of hydrogen-bond acceptors (Lipinski definition) is 4. The summed E-state index contributed by atoms with van der Waals surface area (Å²) in [4.78, 5) is 14.9. The Morgan fingerprint density at radius 3 is 2.81 bits per heavy atom. The first-order chi connectivity index (χ1) is 12.7. The minimum absolute atomic E-state index is 0.0116. The van der Waals surface area contributed by atoms with E-state index in [1.807, 2.05) is 6.07 Å². The molecule has 26 heavy (non-hydrogen) atoms. The third kappa shape index (κ3) is 4.84. The number of morpholine rings is 1. The normalized spacial score (nSPS) is 19.0. The first-order valence-electron chi connectivity index (χ1n) is 9.20. The van der Waals surface area contributed by atoms with Crippen LogP contribution in [0, 0.1) is 0 Å². The molecule has 0 aromatic heterocycles. The zero-order valence-electron chi connectivity index (χ0n) is 15.2. The summed E-state index contributed by atoms with van der Waals surface area (Å²) >= 11 is 0. The van der Waals surface area contributed by atoms with E-state index in [9.17, 15) is 4.79 Å². The standard InChI is InChI=1S/C21H27N3O2/c1-2-19(23-21(25)17-9-6-10-18(22)13-17)20-15-24(11-12-26-20)14-16-7-4-3-5-8-16/h3-10,13,19-20H,2,11-12,14-15,22H2,1H3,(H,23,25). The Bertz CT molecular complexity index is 720. The molecule has 2 aromatic rings. The first kappa shape index (κ1) is 18.4. The molecule has 138 valence electrons. The van der Waals surface area contributed by atoms with Crippen LogP contribution in [0.1, 0.15) is 29.3 Å². The molecule has 1 heterocycles. The number of rotatable bonds is 6. The molecule has 2 atom stereocenters. The number of amides is 1. The van der Waals surface area contributed by atoms with Crippen molar-refractivity contribution in [2.75, 3.05) is 25.4 Å². The molecule has 0 spiro atoms. The maximum Gasteiger partial charge on any atom is 0.251 e. The zero-order chi connectivity index (χ0) is 18.4. The fraction of sp³-hybridized carbons (Fsp3) is 0.381. The topological polar surface area (TPSA) is 67.6 Å². The van der Waals surface area contributed by atoms with Gasteiger partial charge in [-0.1, -0.05) is 43.3 Å². The molecular weight excluding hydrogens is 326 g/mol. The molecule has 1 fully saturated rings. The summed E-state index contributed by atoms with van der Waals surface area (Å²) in [5.41, 5.74) is 8.25. The molecule has 1 amide bonds. The van der Waals surface area contributed by atoms with E-state index < -0.39 is 0 Å². The number of carbonyl (C=O) groups is 1. The van der Waals surface area contributed by atoms with Crippen molar-refractivity contribution in [3.63, 3.8) is 0 Å². The van der Waals surface area contributed by atoms with Crippen LogP contribution in [0.3, 0.4) is 0 Å². The third-order valence-electron chi connectivity index (χ3n) is 4.78. The van der Waals surface area contributed by atoms with Gasteiger partial charge < -0.3 is 15.8 Å². The Hall–Kier alpha value is -2.37. The summed E-state index contributed by atoms with van der Waals surface area (Å²) in [5.74, 6) is -0.104. The molecule has 2 unspecified atom stereocenters. The minimum atomic E-state index is -0.104. The molecule has 0 saturated carbocycles. The van der Waals surface area contributed by atoms with E-state index in [-0.39, 0.29) is 18.1 Å². The molecule has 0 bridgehead atoms. The van der Waals surface area contributed by atoms with Crippen molar-refractivity contribution in [1.29, 1.82) is 0 Å². The smallest absolute Gasteiger partial charge is 0.251 e. The fourth-order valence-electron chi connectivity index (χ4n) is 3.35. The van der Waals surface area contributed by atoms with Crippen LogP contribution < -0.4 is 11.1 Å². The van der Waals surface area contributed by atoms with Crippen LogP contribution in [0.15, 0.2) is 54.6 Å². The van der Waals surface area contributed by atoms with Crippen molar-refractivity contribution in [3.8, 4) is 0 Å². The van der Waals surface area contributed by atoms with Gasteiger partial charge in [0, 0.05) is 30.9 Å². The molecule has 1 saturated heterocycles. The van der Waals surface area contributed by atoms with E-state index in [1.165, 1.54) is 5.56 Å². The number of nitrogens with zero attached hydrogens (tertiary/aromatic N) is 1. The second kappa shape index (κ2) is 8.83. The predicted octanol–water partition coefficient (Wildman–Crippen LogP) is 2.68. The van der Waals surface area contributed by atoms with Gasteiger partial charge in [-0.05, 0) is 30.2 Å². The number of nitrogens with two attached hydrogens (primary N) is 1. The zero-order valence-corrected chi connectivity index (χ0v) is 15.2. The largest absolute Gasteiger partial charge is 0.399 e. The number of benzene rings is 2. The minimum Gasteiger partial charge on any atom is -0.399 e. The Morgan fingerprint density at radius 1 is 1.27 bits per heavy atom. The summed E-state index contributed by atoms with van der Waals surface area (Å²) in [7, 11) is 0. The molecular formula is C21H27N3O2. The van der Waals surface area contributed by atoms with Gasteiger partial charge in [0.1, 0.15) is 0 Å². The van der Waals surface area contributed by atoms with Gasteiger partial charge in [0.2, 0.25) is 0 Å². The second-order valence-corrected chi connectivity index (χ2v) is 6.74. The predicted molar refractivity (Wildman–Crippen MR) is 104 cm³/mol. The maximum atomic E-state index is 12.5. The van der Waals surface area contributed by atoms with Gasteiger partial charge in [0.05, 0.1) is 18.8 Å². The molecule has 1 aliphatic heterocycles. The van der Waals surface area contributed by atoms with Crippen LogP contribution in [0.2, 0.25) is 0 Å². The first-order valence-corrected chi connectivity index (χ1v) is 9.20. The van der Waals surface area contributed by atoms with Crippen molar-refractivity contribution >= 4 is 11.6 Å². The highest BCUT2D eigenvalue weighted by molar-refractivity contribution is 5.95. The van der Waals surface area contributed by atoms with E-state index in [1.54, 1.807) is 24.3 Å². The lowest BCUT2D eigenvalue weighted by molar-refractivity contribution is -0.0483. The van der Waals surface area contributed by atoms with Gasteiger partial charge in [-0.15, -0.1) is 0 Å². The Kier molecular flexibility index (Phi) is 6.26. The quantitative estimate of drug-likeness (QED) is 0.784. The Labute approximate surface area is 155 Å². The highest BCUT2D eigenvalue weighted by Crippen LogP contribution is 2.15. The van der Waals surface area contributed by atoms with Gasteiger partial charge in [0.25, 0.3) is 5.91 Å². The summed E-state index contributed by atoms with van der Waals surface area (Å²) in [5, 5.41) is 3.12. The van der Waals surface area contributed by atoms with Gasteiger partial charge in [-0.25, -0.2) is 0 Å². The number of ether oxygens (including phenoxy) is 1. The van der Waals surface area contributed by atoms with Crippen molar-refractivity contribution in [1.82, 2.24) is 10.2 Å². The van der Waals surface area contributed by atoms with E-state index in [4.69, 9.17) is 10.5 Å². The Morgan fingerprint density at radius 2 is 2.08 bits per heavy atom. The van der Waals surface area contributed by atoms with Crippen LogP contribution in [0.25, 0.3) is 0 Å². The van der Waals surface area contributed by atoms with Gasteiger partial charge in [-0.3, -0.25) is 9.69 Å². The highest BCUT2D eigenvalue weighted by Gasteiger charge is 2.28. The highest BCUT2D eigenvalue weighted by atomic mass is 16.5. The monoisotopic (exact) mass is 353 g/mol. The average Bonchev–Trinajstić information content (AvgIpc) is 2.67. The lowest BCUT2D eigenvalue weighted by Crippen LogP contribution is -2.53. The lowest BCUT2D eigenvalue weighted by Gasteiger charge is -2.37. The number of hydrogen-bond donors (Lipinski definition) is 2. The van der Waals surface area contributed by atoms with Crippen LogP contribution in [-0.2, 0) is 11.3 Å². The van der Waals surface area contributed by atoms with Crippen LogP contribution in [0.5, 0.6) is 0 Å². The number of carbonyl (C=O) groups excluding carboxylic acids is 1. The van der Waals surface area contributed by atoms with Gasteiger partial charge in [0.15, 0.2) is 0 Å². The lowest BCUT2D eigenvalue weighted by atomic mass is 10.0. The third-order valence-corrected chi connectivity index (χ3v) is 4.78. The number of nitrogen functional groups attached to an aromatic ring is 1. The van der Waals surface area contributed by atoms with Gasteiger partial charge in [-0.2, -0.15) is 0 Å². The average molecular weight is 353 g/mol. The van der Waals surface area contributed by atoms with E-state index in [0.717, 1.165) is 26.1 Å². The van der Waals surface area contributed by atoms with Crippen LogP contribution >= 0.6 is 0 Å². The van der Waals surface area contributed by atoms with Crippen molar-refractivity contribution < 1.29 is 9.53 Å². The molecule has 0 radical (unpaired) electrons. The second-order valence-electron chi connectivity index (χ2n) is 6.74. The fourth-order valence-corrected chi connectivity index (χ4v) is 3.35. The molecule has 0 aliphatic carbocycles. The summed E-state index contributed by atoms with van der Waals surface area (Å²) in [6.45, 7) is 5.38. The van der Waals surface area contributed by atoms with E-state index in [2.05, 4.69) is 41.4 Å². The molecule has 1 aliphatic rings. The molecule has 3 N–H and O–H groups in total. The molecule has 5 nitrogen and oxygen atoms in total. The van der Waals surface area contributed by atoms with Gasteiger partial charge >= 0.3 is 0 Å². The molecule has 5 heteroatoms. The molecule has 2 aromatic carbocycles. The van der Waals surface area contributed by atoms with E-state index >= 15 is 0 Å². The van der Waals surface area contributed by atoms with Crippen molar-refractivity contribution in [2.24, 2.45) is 0 Å². The van der Waals surface area contributed by atoms with Crippen molar-refractivity contribution in [3.05, 3.63) is 65.7 Å². The Balaban J connectivity index is 1.61. The SMILES string of the molecule is CCC(NC(=O)c1cccc(N)c1)C1CN(Cc2ccccc2)CCO1. The number of anilines is 1. The van der Waals surface area contributed by atoms with Crippen LogP contribution in [-0.4, -0.2) is 42.6 Å². The van der Waals surface area contributed by atoms with Crippen molar-refractivity contribution in [2.45, 2.75) is 32.0 Å². The summed E-state index contributed by atoms with van der Waals surface area (Å²) in [6, 6.07) is 17.5. The maximum absolute atomic E-state index is 12.5. The van der Waals surface area contributed by atoms with Crippen LogP contribution in [0.4, 0.5) is 5.69 Å². The molecule has 3 rings (SSSR count).